The maximum Gasteiger partial charge on any atom is 0.314 e. The van der Waals surface area contributed by atoms with E-state index in [2.05, 4.69) is 31.9 Å². The third-order valence-electron chi connectivity index (χ3n) is 1.61. The molecule has 0 spiro atoms. The predicted octanol–water partition coefficient (Wildman–Crippen LogP) is 3.98. The number of hydrogen-bond donors (Lipinski definition) is 0. The third-order valence-corrected chi connectivity index (χ3v) is 3.68. The van der Waals surface area contributed by atoms with Crippen LogP contribution in [0.4, 0.5) is 8.78 Å². The Morgan fingerprint density at radius 1 is 1.23 bits per heavy atom. The van der Waals surface area contributed by atoms with Gasteiger partial charge in [0.05, 0.1) is 4.83 Å². The van der Waals surface area contributed by atoms with Gasteiger partial charge in [0.15, 0.2) is 0 Å². The average molecular weight is 314 g/mol. The van der Waals surface area contributed by atoms with Crippen LogP contribution in [-0.2, 0) is 6.42 Å². The zero-order chi connectivity index (χ0) is 9.90. The molecule has 0 fully saturated rings. The van der Waals surface area contributed by atoms with Crippen molar-refractivity contribution in [3.05, 3.63) is 35.9 Å². The monoisotopic (exact) mass is 312 g/mol. The van der Waals surface area contributed by atoms with E-state index in [4.69, 9.17) is 0 Å². The second-order valence-electron chi connectivity index (χ2n) is 2.70. The van der Waals surface area contributed by atoms with Crippen LogP contribution >= 0.6 is 31.9 Å². The highest BCUT2D eigenvalue weighted by Gasteiger charge is 2.34. The standard InChI is InChI=1S/C9H8Br2F2/c10-8(9(11,12)13)6-7-4-2-1-3-5-7/h1-5,8H,6H2. The molecule has 72 valence electrons. The molecule has 0 heterocycles. The van der Waals surface area contributed by atoms with Gasteiger partial charge < -0.3 is 0 Å². The number of halogens is 4. The summed E-state index contributed by atoms with van der Waals surface area (Å²) in [6, 6.07) is 9.18. The first-order valence-corrected chi connectivity index (χ1v) is 5.45. The molecule has 0 nitrogen and oxygen atoms in total. The lowest BCUT2D eigenvalue weighted by Gasteiger charge is -2.15. The molecule has 0 N–H and O–H groups in total. The van der Waals surface area contributed by atoms with Gasteiger partial charge in [0.1, 0.15) is 0 Å². The van der Waals surface area contributed by atoms with Crippen LogP contribution in [-0.4, -0.2) is 9.66 Å². The number of alkyl halides is 4. The fraction of sp³-hybridized carbons (Fsp3) is 0.333. The van der Waals surface area contributed by atoms with E-state index in [0.717, 1.165) is 5.56 Å². The lowest BCUT2D eigenvalue weighted by atomic mass is 10.1. The molecule has 1 unspecified atom stereocenters. The van der Waals surface area contributed by atoms with E-state index in [1.165, 1.54) is 0 Å². The minimum absolute atomic E-state index is 0.305. The topological polar surface area (TPSA) is 0 Å². The first-order valence-electron chi connectivity index (χ1n) is 3.75. The van der Waals surface area contributed by atoms with Gasteiger partial charge in [-0.05, 0) is 27.9 Å². The second-order valence-corrected chi connectivity index (χ2v) is 4.86. The highest BCUT2D eigenvalue weighted by molar-refractivity contribution is 9.12. The van der Waals surface area contributed by atoms with Crippen LogP contribution < -0.4 is 0 Å². The quantitative estimate of drug-likeness (QED) is 0.740. The maximum absolute atomic E-state index is 12.7. The highest BCUT2D eigenvalue weighted by Crippen LogP contribution is 2.33. The molecular weight excluding hydrogens is 306 g/mol. The Bertz CT molecular complexity index is 256. The largest absolute Gasteiger partial charge is 0.314 e. The van der Waals surface area contributed by atoms with Gasteiger partial charge in [0.2, 0.25) is 0 Å². The van der Waals surface area contributed by atoms with Gasteiger partial charge in [-0.15, -0.1) is 0 Å². The second kappa shape index (κ2) is 4.51. The van der Waals surface area contributed by atoms with Crippen LogP contribution in [0, 0.1) is 0 Å². The van der Waals surface area contributed by atoms with Crippen LogP contribution in [0.25, 0.3) is 0 Å². The fourth-order valence-corrected chi connectivity index (χ4v) is 1.47. The van der Waals surface area contributed by atoms with Gasteiger partial charge in [-0.3, -0.25) is 0 Å². The molecule has 1 aromatic carbocycles. The van der Waals surface area contributed by atoms with E-state index in [1.54, 1.807) is 0 Å². The molecule has 0 amide bonds. The van der Waals surface area contributed by atoms with E-state index in [9.17, 15) is 8.78 Å². The summed E-state index contributed by atoms with van der Waals surface area (Å²) in [5.41, 5.74) is 0.892. The summed E-state index contributed by atoms with van der Waals surface area (Å²) in [6.07, 6.45) is 0.305. The molecule has 0 saturated heterocycles. The molecule has 4 heteroatoms. The van der Waals surface area contributed by atoms with Gasteiger partial charge in [-0.2, -0.15) is 8.78 Å². The summed E-state index contributed by atoms with van der Waals surface area (Å²) in [5, 5.41) is 0. The molecule has 1 atom stereocenters. The average Bonchev–Trinajstić information content (AvgIpc) is 2.04. The first kappa shape index (κ1) is 11.1. The van der Waals surface area contributed by atoms with Gasteiger partial charge in [-0.1, -0.05) is 46.3 Å². The smallest absolute Gasteiger partial charge is 0.192 e. The molecule has 0 aliphatic carbocycles. The Labute approximate surface area is 92.6 Å². The number of hydrogen-bond acceptors (Lipinski definition) is 0. The normalized spacial score (nSPS) is 14.2. The van der Waals surface area contributed by atoms with E-state index in [-0.39, 0.29) is 0 Å². The van der Waals surface area contributed by atoms with Crippen LogP contribution in [0.1, 0.15) is 5.56 Å². The maximum atomic E-state index is 12.7. The van der Waals surface area contributed by atoms with Gasteiger partial charge in [0.25, 0.3) is 0 Å². The molecule has 1 rings (SSSR count). The Hall–Kier alpha value is 0.0400. The Morgan fingerprint density at radius 3 is 2.23 bits per heavy atom. The van der Waals surface area contributed by atoms with Crippen LogP contribution in [0.5, 0.6) is 0 Å². The van der Waals surface area contributed by atoms with E-state index in [0.29, 0.717) is 6.42 Å². The Morgan fingerprint density at radius 2 is 1.77 bits per heavy atom. The Balaban J connectivity index is 2.61. The lowest BCUT2D eigenvalue weighted by Crippen LogP contribution is -2.22. The highest BCUT2D eigenvalue weighted by atomic mass is 79.9. The summed E-state index contributed by atoms with van der Waals surface area (Å²) >= 11 is 5.26. The van der Waals surface area contributed by atoms with E-state index >= 15 is 0 Å². The zero-order valence-corrected chi connectivity index (χ0v) is 9.86. The summed E-state index contributed by atoms with van der Waals surface area (Å²) < 4.78 is 25.3. The van der Waals surface area contributed by atoms with Crippen molar-refractivity contribution >= 4 is 31.9 Å². The van der Waals surface area contributed by atoms with Crippen molar-refractivity contribution in [2.75, 3.05) is 0 Å². The molecule has 0 aliphatic heterocycles. The first-order chi connectivity index (χ1) is 6.00. The third kappa shape index (κ3) is 3.73. The van der Waals surface area contributed by atoms with Crippen LogP contribution in [0.15, 0.2) is 30.3 Å². The van der Waals surface area contributed by atoms with E-state index < -0.39 is 9.66 Å². The van der Waals surface area contributed by atoms with Crippen LogP contribution in [0.2, 0.25) is 0 Å². The van der Waals surface area contributed by atoms with Crippen molar-refractivity contribution in [3.8, 4) is 0 Å². The molecule has 0 aromatic heterocycles. The Kier molecular flexibility index (Phi) is 3.86. The summed E-state index contributed by atoms with van der Waals surface area (Å²) in [7, 11) is 0. The fourth-order valence-electron chi connectivity index (χ4n) is 0.937. The molecule has 0 aliphatic rings. The van der Waals surface area contributed by atoms with Gasteiger partial charge in [0, 0.05) is 0 Å². The van der Waals surface area contributed by atoms with Crippen molar-refractivity contribution in [1.82, 2.24) is 0 Å². The number of rotatable bonds is 3. The lowest BCUT2D eigenvalue weighted by molar-refractivity contribution is 0.114. The molecule has 0 bridgehead atoms. The van der Waals surface area contributed by atoms with Crippen molar-refractivity contribution in [1.29, 1.82) is 0 Å². The SMILES string of the molecule is FC(F)(Br)C(Br)Cc1ccccc1. The minimum atomic E-state index is -2.86. The molecule has 13 heavy (non-hydrogen) atoms. The minimum Gasteiger partial charge on any atom is -0.192 e. The predicted molar refractivity (Wildman–Crippen MR) is 56.7 cm³/mol. The van der Waals surface area contributed by atoms with Gasteiger partial charge >= 0.3 is 4.83 Å². The van der Waals surface area contributed by atoms with Crippen LogP contribution in [0.3, 0.4) is 0 Å². The van der Waals surface area contributed by atoms with Crippen molar-refractivity contribution in [3.63, 3.8) is 0 Å². The molecular formula is C9H8Br2F2. The zero-order valence-electron chi connectivity index (χ0n) is 6.68. The van der Waals surface area contributed by atoms with Crippen molar-refractivity contribution < 1.29 is 8.78 Å². The summed E-state index contributed by atoms with van der Waals surface area (Å²) in [6.45, 7) is 0. The molecule has 0 radical (unpaired) electrons. The molecule has 1 aromatic rings. The summed E-state index contributed by atoms with van der Waals surface area (Å²) in [5.74, 6) is 0. The van der Waals surface area contributed by atoms with E-state index in [1.807, 2.05) is 30.3 Å². The van der Waals surface area contributed by atoms with Gasteiger partial charge in [-0.25, -0.2) is 0 Å². The summed E-state index contributed by atoms with van der Waals surface area (Å²) in [4.78, 5) is -3.73. The molecule has 0 saturated carbocycles. The van der Waals surface area contributed by atoms with Crippen molar-refractivity contribution in [2.45, 2.75) is 16.1 Å². The number of benzene rings is 1. The van der Waals surface area contributed by atoms with Crippen molar-refractivity contribution in [2.24, 2.45) is 0 Å².